The minimum atomic E-state index is -4.95. The van der Waals surface area contributed by atoms with Crippen LogP contribution >= 0.6 is 0 Å². The maximum Gasteiger partial charge on any atom is 0.200 e. The Morgan fingerprint density at radius 3 is 0.643 bits per heavy atom. The Balaban J connectivity index is 1.58. The maximum absolute atomic E-state index is 13.1. The zero-order valence-electron chi connectivity index (χ0n) is 84.9. The van der Waals surface area contributed by atoms with Gasteiger partial charge < -0.3 is 196 Å². The average molecular weight is 2080 g/mol. The molecule has 1 aliphatic rings. The highest BCUT2D eigenvalue weighted by atomic mass is 32.2. The Morgan fingerprint density at radius 2 is 0.427 bits per heavy atom. The van der Waals surface area contributed by atoms with Gasteiger partial charge in [-0.3, -0.25) is 0 Å². The summed E-state index contributed by atoms with van der Waals surface area (Å²) in [6, 6.07) is 14.0. The van der Waals surface area contributed by atoms with Crippen molar-refractivity contribution in [2.45, 2.75) is 11.3 Å². The summed E-state index contributed by atoms with van der Waals surface area (Å²) in [6.07, 6.45) is 8.49. The van der Waals surface area contributed by atoms with Gasteiger partial charge in [-0.05, 0) is 47.1 Å². The highest BCUT2D eigenvalue weighted by Crippen LogP contribution is 2.35. The number of hydrogen-bond donors (Lipinski definition) is 4. The largest absolute Gasteiger partial charge is 0.744 e. The van der Waals surface area contributed by atoms with Gasteiger partial charge in [0.2, 0.25) is 0 Å². The lowest BCUT2D eigenvalue weighted by atomic mass is 9.90. The van der Waals surface area contributed by atoms with Crippen LogP contribution in [0.1, 0.15) is 17.5 Å². The predicted molar refractivity (Wildman–Crippen MR) is 524 cm³/mol. The second-order valence-electron chi connectivity index (χ2n) is 30.1. The number of rotatable bonds is 118. The lowest BCUT2D eigenvalue weighted by Crippen LogP contribution is -2.31. The molecule has 2 aromatic carbocycles. The summed E-state index contributed by atoms with van der Waals surface area (Å²) in [5.74, 6) is 0. The molecule has 44 nitrogen and oxygen atoms in total. The molecular weight excluding hydrogens is 1910 g/mol. The van der Waals surface area contributed by atoms with Crippen LogP contribution in [-0.2, 0) is 176 Å². The number of anilines is 1. The molecule has 834 valence electrons. The van der Waals surface area contributed by atoms with E-state index in [1.54, 1.807) is 12.1 Å². The van der Waals surface area contributed by atoms with Gasteiger partial charge in [-0.1, -0.05) is 30.3 Å². The quantitative estimate of drug-likeness (QED) is 0.0416. The smallest absolute Gasteiger partial charge is 0.200 e. The third kappa shape index (κ3) is 86.8. The highest BCUT2D eigenvalue weighted by molar-refractivity contribution is 7.85. The topological polar surface area (TPSA) is 467 Å². The van der Waals surface area contributed by atoms with Crippen LogP contribution in [0, 0.1) is 0 Å². The van der Waals surface area contributed by atoms with E-state index in [-0.39, 0.29) is 36.9 Å². The Morgan fingerprint density at radius 1 is 0.231 bits per heavy atom. The molecule has 0 unspecified atom stereocenters. The zero-order chi connectivity index (χ0) is 102. The number of hydrogen-bond acceptors (Lipinski definition) is 43. The Labute approximate surface area is 847 Å². The summed E-state index contributed by atoms with van der Waals surface area (Å²) >= 11 is 0. The summed E-state index contributed by atoms with van der Waals surface area (Å²) in [5.41, 5.74) is 3.85. The number of aliphatic hydroxyl groups excluding tert-OH is 4. The molecule has 0 spiro atoms. The first-order valence-corrected chi connectivity index (χ1v) is 51.5. The molecule has 0 amide bonds. The van der Waals surface area contributed by atoms with Crippen molar-refractivity contribution in [1.29, 1.82) is 0 Å². The highest BCUT2D eigenvalue weighted by Gasteiger charge is 2.22. The molecule has 0 bridgehead atoms. The van der Waals surface area contributed by atoms with E-state index in [0.29, 0.717) is 512 Å². The lowest BCUT2D eigenvalue weighted by Gasteiger charge is -2.25. The van der Waals surface area contributed by atoms with Crippen molar-refractivity contribution in [1.82, 2.24) is 0 Å². The van der Waals surface area contributed by atoms with Gasteiger partial charge in [0.05, 0.1) is 487 Å². The van der Waals surface area contributed by atoms with Gasteiger partial charge in [0.25, 0.3) is 0 Å². The molecule has 0 saturated carbocycles. The molecule has 0 fully saturated rings. The first kappa shape index (κ1) is 133. The van der Waals surface area contributed by atoms with E-state index >= 15 is 0 Å². The lowest BCUT2D eigenvalue weighted by molar-refractivity contribution is -0.530. The summed E-state index contributed by atoms with van der Waals surface area (Å²) in [5, 5.41) is 35.0. The van der Waals surface area contributed by atoms with Crippen molar-refractivity contribution < 1.29 is 204 Å². The predicted octanol–water partition coefficient (Wildman–Crippen LogP) is 1.72. The minimum absolute atomic E-state index is 0.00866. The molecule has 0 radical (unpaired) electrons. The number of aliphatic hydroxyl groups is 4. The van der Waals surface area contributed by atoms with Crippen LogP contribution in [0.25, 0.3) is 5.57 Å². The molecule has 45 heteroatoms. The Kier molecular flexibility index (Phi) is 99.5. The fraction of sp³-hybridized carbons (Fsp3) is 0.806. The van der Waals surface area contributed by atoms with Crippen molar-refractivity contribution in [3.63, 3.8) is 0 Å². The molecule has 0 atom stereocenters. The van der Waals surface area contributed by atoms with Crippen molar-refractivity contribution in [2.24, 2.45) is 0 Å². The molecule has 2 aromatic rings. The van der Waals surface area contributed by atoms with Crippen LogP contribution in [0.2, 0.25) is 0 Å². The van der Waals surface area contributed by atoms with Crippen LogP contribution in [0.15, 0.2) is 83.3 Å². The Bertz CT molecular complexity index is 3150. The van der Waals surface area contributed by atoms with Crippen LogP contribution in [0.3, 0.4) is 0 Å². The van der Waals surface area contributed by atoms with Crippen LogP contribution in [-0.4, -0.2) is 559 Å². The monoisotopic (exact) mass is 2080 g/mol. The maximum atomic E-state index is 13.1. The zero-order valence-corrected chi connectivity index (χ0v) is 85.7. The first-order chi connectivity index (χ1) is 70.8. The van der Waals surface area contributed by atoms with Crippen LogP contribution in [0.5, 0.6) is 0 Å². The molecule has 3 rings (SSSR count). The second kappa shape index (κ2) is 107. The Hall–Kier alpha value is -4.52. The molecular formula is C98H174N2O42S. The summed E-state index contributed by atoms with van der Waals surface area (Å²) in [4.78, 5) is 1.79. The summed E-state index contributed by atoms with van der Waals surface area (Å²) in [7, 11) is -4.95. The van der Waals surface area contributed by atoms with Crippen molar-refractivity contribution >= 4 is 27.1 Å². The second-order valence-corrected chi connectivity index (χ2v) is 31.4. The number of benzene rings is 2. The van der Waals surface area contributed by atoms with E-state index < -0.39 is 10.1 Å². The van der Waals surface area contributed by atoms with Crippen LogP contribution in [0.4, 0.5) is 5.69 Å². The van der Waals surface area contributed by atoms with E-state index in [1.165, 1.54) is 12.1 Å². The fourth-order valence-electron chi connectivity index (χ4n) is 12.2. The molecule has 0 aliphatic heterocycles. The van der Waals surface area contributed by atoms with Gasteiger partial charge in [-0.15, -0.1) is 0 Å². The standard InChI is InChI=1S/C98H174N2O42S/c101-18-26-112-34-42-120-50-58-128-66-74-136-82-78-132-70-62-124-54-46-116-38-30-108-22-3-14-99(15-23-109-31-39-117-47-55-125-63-71-133-79-86-140-89-83-137-75-67-129-59-51-121-43-35-113-27-19-102)94-10-6-92(7-11-94)98(96-4-1-2-5-97(96)143(105,106)107)93-8-12-95(13-9-93)100(16-24-110-32-40-118-48-56-126-64-72-134-80-87-141-90-84-138-76-68-130-60-52-122-44-36-114-28-20-103)17-25-111-33-41-119-49-57-127-65-73-135-81-88-142-91-85-139-77-69-131-61-53-123-45-37-115-29-21-104/h1-2,4-13,101-104H,3,14-91H2. The molecule has 1 aliphatic carbocycles. The fourth-order valence-corrected chi connectivity index (χ4v) is 12.8. The van der Waals surface area contributed by atoms with E-state index in [4.69, 9.17) is 186 Å². The van der Waals surface area contributed by atoms with Crippen molar-refractivity contribution in [3.05, 3.63) is 89.5 Å². The van der Waals surface area contributed by atoms with E-state index in [1.807, 2.05) is 48.6 Å². The van der Waals surface area contributed by atoms with Gasteiger partial charge in [-0.25, -0.2) is 13.0 Å². The SMILES string of the molecule is O=S(=O)([O-])c1ccccc1C(=C1C=CC(=[N+](CCCOCCOCCOCCOCCOCCOCCOCCOCCO)CCOCCOCCOCCOCCOCCOCCOCCOCCOCCO)C=C1)c1ccc(N(CCOCCOCCOCCOCCOCCOCCOCCOCCOCCO)CCOCCOCCOCCOCCOCCOCCOCCOCCOCCO)cc1. The molecule has 0 aromatic heterocycles. The third-order valence-corrected chi connectivity index (χ3v) is 20.1. The number of ether oxygens (including phenoxy) is 35. The van der Waals surface area contributed by atoms with Crippen molar-refractivity contribution in [2.75, 3.05) is 520 Å². The van der Waals surface area contributed by atoms with E-state index in [9.17, 15) is 13.0 Å². The van der Waals surface area contributed by atoms with Gasteiger partial charge in [0, 0.05) is 42.9 Å². The van der Waals surface area contributed by atoms with E-state index in [2.05, 4.69) is 9.48 Å². The number of allylic oxidation sites excluding steroid dienone is 5. The van der Waals surface area contributed by atoms with Gasteiger partial charge in [0.1, 0.15) is 23.3 Å². The normalized spacial score (nSPS) is 12.3. The van der Waals surface area contributed by atoms with Crippen molar-refractivity contribution in [3.8, 4) is 0 Å². The van der Waals surface area contributed by atoms with Gasteiger partial charge >= 0.3 is 0 Å². The van der Waals surface area contributed by atoms with Crippen LogP contribution < -0.4 is 4.90 Å². The molecule has 0 saturated heterocycles. The minimum Gasteiger partial charge on any atom is -0.744 e. The average Bonchev–Trinajstić information content (AvgIpc) is 0.777. The summed E-state index contributed by atoms with van der Waals surface area (Å²) < 4.78 is 238. The van der Waals surface area contributed by atoms with Gasteiger partial charge in [-0.2, -0.15) is 0 Å². The first-order valence-electron chi connectivity index (χ1n) is 50.1. The van der Waals surface area contributed by atoms with E-state index in [0.717, 1.165) is 11.4 Å². The molecule has 0 heterocycles. The molecule has 143 heavy (non-hydrogen) atoms. The van der Waals surface area contributed by atoms with Gasteiger partial charge in [0.15, 0.2) is 12.3 Å². The summed E-state index contributed by atoms with van der Waals surface area (Å²) in [6.45, 7) is 30.9. The molecule has 4 N–H and O–H groups in total. The third-order valence-electron chi connectivity index (χ3n) is 19.2. The number of nitrogens with zero attached hydrogens (tertiary/aromatic N) is 2.